The molecule has 2 aromatic carbocycles. The number of carboxylic acids is 1. The van der Waals surface area contributed by atoms with Gasteiger partial charge in [-0.3, -0.25) is 10.1 Å². The third kappa shape index (κ3) is 5.02. The Balaban J connectivity index is 0.00000280. The maximum atomic E-state index is 11.1. The topological polar surface area (TPSA) is 84.3 Å². The van der Waals surface area contributed by atoms with Gasteiger partial charge in [-0.25, -0.2) is 4.79 Å². The zero-order valence-corrected chi connectivity index (χ0v) is 15.5. The molecule has 28 heavy (non-hydrogen) atoms. The van der Waals surface area contributed by atoms with Crippen LogP contribution in [0.1, 0.15) is 27.2 Å². The first kappa shape index (κ1) is 20.8. The molecule has 0 bridgehead atoms. The highest BCUT2D eigenvalue weighted by Gasteiger charge is 2.12. The molecule has 0 atom stereocenters. The molecular weight excluding hydrogens is 380 g/mol. The van der Waals surface area contributed by atoms with Crippen molar-refractivity contribution in [1.82, 2.24) is 0 Å². The van der Waals surface area contributed by atoms with E-state index < -0.39 is 10.9 Å². The Morgan fingerprint density at radius 1 is 1.04 bits per heavy atom. The Kier molecular flexibility index (Phi) is 7.01. The van der Waals surface area contributed by atoms with Crippen molar-refractivity contribution >= 4 is 23.8 Å². The average molecular weight is 397 g/mol. The van der Waals surface area contributed by atoms with Gasteiger partial charge in [0, 0.05) is 29.8 Å². The van der Waals surface area contributed by atoms with Crippen LogP contribution in [0.2, 0.25) is 0 Å². The minimum atomic E-state index is -0.966. The van der Waals surface area contributed by atoms with E-state index in [4.69, 9.17) is 5.11 Å². The van der Waals surface area contributed by atoms with E-state index in [1.807, 2.05) is 41.1 Å². The van der Waals surface area contributed by atoms with Gasteiger partial charge < -0.3 is 17.5 Å². The van der Waals surface area contributed by atoms with Gasteiger partial charge in [0.15, 0.2) is 12.7 Å². The number of halogens is 1. The molecular formula is C21H17ClN2O4. The van der Waals surface area contributed by atoms with Crippen LogP contribution < -0.4 is 17.0 Å². The van der Waals surface area contributed by atoms with Crippen LogP contribution in [0.4, 0.5) is 5.69 Å². The van der Waals surface area contributed by atoms with Gasteiger partial charge in [0.1, 0.15) is 0 Å². The molecule has 3 rings (SSSR count). The lowest BCUT2D eigenvalue weighted by Crippen LogP contribution is -3.00. The van der Waals surface area contributed by atoms with Crippen LogP contribution >= 0.6 is 0 Å². The van der Waals surface area contributed by atoms with E-state index in [9.17, 15) is 14.9 Å². The van der Waals surface area contributed by atoms with E-state index >= 15 is 0 Å². The van der Waals surface area contributed by atoms with E-state index in [0.29, 0.717) is 12.1 Å². The van der Waals surface area contributed by atoms with Gasteiger partial charge in [0.05, 0.1) is 16.1 Å². The minimum absolute atomic E-state index is 0. The van der Waals surface area contributed by atoms with Crippen molar-refractivity contribution in [2.24, 2.45) is 0 Å². The first-order valence-corrected chi connectivity index (χ1v) is 8.27. The molecule has 1 N–H and O–H groups in total. The summed E-state index contributed by atoms with van der Waals surface area (Å²) in [5.41, 5.74) is 2.50. The van der Waals surface area contributed by atoms with Crippen molar-refractivity contribution in [3.8, 4) is 0 Å². The second-order valence-corrected chi connectivity index (χ2v) is 5.91. The summed E-state index contributed by atoms with van der Waals surface area (Å²) in [6.45, 7) is 0.485. The van der Waals surface area contributed by atoms with Crippen molar-refractivity contribution in [1.29, 1.82) is 0 Å². The van der Waals surface area contributed by atoms with Gasteiger partial charge in [0.2, 0.25) is 5.69 Å². The van der Waals surface area contributed by atoms with E-state index in [1.54, 1.807) is 42.5 Å². The number of pyridine rings is 1. The number of nitrogens with zero attached hydrogens (tertiary/aromatic N) is 2. The fraction of sp³-hybridized carbons (Fsp3) is 0.0476. The molecule has 142 valence electrons. The molecule has 6 nitrogen and oxygen atoms in total. The molecule has 0 fully saturated rings. The fourth-order valence-corrected chi connectivity index (χ4v) is 2.75. The predicted octanol–water partition coefficient (Wildman–Crippen LogP) is 0.803. The van der Waals surface area contributed by atoms with Crippen LogP contribution in [0.3, 0.4) is 0 Å². The Labute approximate surface area is 168 Å². The standard InChI is InChI=1S/C21H16N2O4.ClH/c24-21(25)18-8-5-6-16(14-18)15-22-13-4-3-9-19(22)12-11-17-7-1-2-10-20(17)23(26)27;/h1-14H,15H2;1H/b12-11+;. The SMILES string of the molecule is O=C(O)c1cccc(C[n+]2ccccc2/C=C/c2ccccc2[N+](=O)[O-])c1.[Cl-]. The predicted molar refractivity (Wildman–Crippen MR) is 101 cm³/mol. The van der Waals surface area contributed by atoms with Crippen LogP contribution in [0.25, 0.3) is 12.2 Å². The number of benzene rings is 2. The highest BCUT2D eigenvalue weighted by atomic mass is 35.5. The van der Waals surface area contributed by atoms with Gasteiger partial charge in [-0.2, -0.15) is 4.57 Å². The summed E-state index contributed by atoms with van der Waals surface area (Å²) in [7, 11) is 0. The molecule has 1 aromatic heterocycles. The molecule has 0 aliphatic heterocycles. The van der Waals surface area contributed by atoms with Crippen LogP contribution in [0, 0.1) is 10.1 Å². The summed E-state index contributed by atoms with van der Waals surface area (Å²) in [5.74, 6) is -0.966. The summed E-state index contributed by atoms with van der Waals surface area (Å²) in [5, 5.41) is 20.3. The number of aromatic carboxylic acids is 1. The summed E-state index contributed by atoms with van der Waals surface area (Å²) in [6.07, 6.45) is 5.40. The maximum Gasteiger partial charge on any atom is 0.335 e. The second-order valence-electron chi connectivity index (χ2n) is 5.91. The lowest BCUT2D eigenvalue weighted by Gasteiger charge is -2.03. The molecule has 0 aliphatic carbocycles. The second kappa shape index (κ2) is 9.43. The first-order valence-electron chi connectivity index (χ1n) is 8.27. The lowest BCUT2D eigenvalue weighted by atomic mass is 10.1. The number of para-hydroxylation sites is 1. The van der Waals surface area contributed by atoms with Gasteiger partial charge in [-0.15, -0.1) is 0 Å². The summed E-state index contributed by atoms with van der Waals surface area (Å²) in [4.78, 5) is 21.9. The summed E-state index contributed by atoms with van der Waals surface area (Å²) < 4.78 is 1.95. The normalized spacial score (nSPS) is 10.4. The van der Waals surface area contributed by atoms with Gasteiger partial charge in [0.25, 0.3) is 5.69 Å². The molecule has 0 spiro atoms. The zero-order valence-electron chi connectivity index (χ0n) is 14.7. The van der Waals surface area contributed by atoms with E-state index in [-0.39, 0.29) is 23.7 Å². The molecule has 3 aromatic rings. The highest BCUT2D eigenvalue weighted by Crippen LogP contribution is 2.19. The highest BCUT2D eigenvalue weighted by molar-refractivity contribution is 5.87. The third-order valence-electron chi connectivity index (χ3n) is 4.07. The van der Waals surface area contributed by atoms with Crippen LogP contribution in [-0.2, 0) is 6.54 Å². The van der Waals surface area contributed by atoms with Gasteiger partial charge >= 0.3 is 5.97 Å². The Morgan fingerprint density at radius 2 is 1.79 bits per heavy atom. The Morgan fingerprint density at radius 3 is 2.54 bits per heavy atom. The van der Waals surface area contributed by atoms with Crippen LogP contribution in [-0.4, -0.2) is 16.0 Å². The van der Waals surface area contributed by atoms with Crippen LogP contribution in [0.15, 0.2) is 72.9 Å². The quantitative estimate of drug-likeness (QED) is 0.379. The molecule has 0 unspecified atom stereocenters. The number of nitro benzene ring substituents is 1. The average Bonchev–Trinajstić information content (AvgIpc) is 2.67. The molecule has 0 aliphatic rings. The summed E-state index contributed by atoms with van der Waals surface area (Å²) in [6, 6.07) is 19.0. The lowest BCUT2D eigenvalue weighted by molar-refractivity contribution is -0.690. The van der Waals surface area contributed by atoms with Crippen molar-refractivity contribution in [3.63, 3.8) is 0 Å². The van der Waals surface area contributed by atoms with E-state index in [2.05, 4.69) is 0 Å². The summed E-state index contributed by atoms with van der Waals surface area (Å²) >= 11 is 0. The van der Waals surface area contributed by atoms with Crippen LogP contribution in [0.5, 0.6) is 0 Å². The number of aromatic nitrogens is 1. The van der Waals surface area contributed by atoms with Crippen molar-refractivity contribution in [2.45, 2.75) is 6.54 Å². The molecule has 7 heteroatoms. The van der Waals surface area contributed by atoms with Crippen molar-refractivity contribution in [3.05, 3.63) is 105 Å². The molecule has 0 amide bonds. The maximum absolute atomic E-state index is 11.1. The largest absolute Gasteiger partial charge is 1.00 e. The number of nitro groups is 1. The zero-order chi connectivity index (χ0) is 19.2. The Hall–Kier alpha value is -3.51. The number of carboxylic acid groups (broad SMARTS) is 1. The van der Waals surface area contributed by atoms with Crippen molar-refractivity contribution < 1.29 is 31.8 Å². The van der Waals surface area contributed by atoms with Crippen molar-refractivity contribution in [2.75, 3.05) is 0 Å². The van der Waals surface area contributed by atoms with E-state index in [1.165, 1.54) is 6.07 Å². The molecule has 1 heterocycles. The number of rotatable bonds is 6. The third-order valence-corrected chi connectivity index (χ3v) is 4.07. The van der Waals surface area contributed by atoms with Gasteiger partial charge in [-0.05, 0) is 30.3 Å². The minimum Gasteiger partial charge on any atom is -1.00 e. The smallest absolute Gasteiger partial charge is 0.335 e. The number of hydrogen-bond acceptors (Lipinski definition) is 3. The van der Waals surface area contributed by atoms with Gasteiger partial charge in [-0.1, -0.05) is 24.3 Å². The van der Waals surface area contributed by atoms with E-state index in [0.717, 1.165) is 11.3 Å². The number of hydrogen-bond donors (Lipinski definition) is 1. The fourth-order valence-electron chi connectivity index (χ4n) is 2.75. The molecule has 0 saturated carbocycles. The Bertz CT molecular complexity index is 1030. The molecule has 0 radical (unpaired) electrons. The monoisotopic (exact) mass is 396 g/mol. The molecule has 0 saturated heterocycles. The number of carbonyl (C=O) groups is 1. The first-order chi connectivity index (χ1) is 13.0.